The van der Waals surface area contributed by atoms with Crippen LogP contribution < -0.4 is 5.32 Å². The third kappa shape index (κ3) is 2.83. The van der Waals surface area contributed by atoms with E-state index in [2.05, 4.69) is 25.1 Å². The van der Waals surface area contributed by atoms with Gasteiger partial charge in [0.2, 0.25) is 0 Å². The van der Waals surface area contributed by atoms with Crippen molar-refractivity contribution < 1.29 is 9.21 Å². The number of nitrogens with one attached hydrogen (secondary N) is 1. The maximum atomic E-state index is 12.9. The first-order valence-electron chi connectivity index (χ1n) is 9.98. The van der Waals surface area contributed by atoms with Crippen LogP contribution in [0.2, 0.25) is 0 Å². The Balaban J connectivity index is 1.34. The molecule has 2 aromatic heterocycles. The van der Waals surface area contributed by atoms with Gasteiger partial charge >= 0.3 is 6.03 Å². The second-order valence-corrected chi connectivity index (χ2v) is 7.76. The lowest BCUT2D eigenvalue weighted by Gasteiger charge is -2.34. The number of hydrogen-bond donors (Lipinski definition) is 1. The van der Waals surface area contributed by atoms with Crippen LogP contribution in [0.4, 0.5) is 10.5 Å². The van der Waals surface area contributed by atoms with Gasteiger partial charge in [-0.3, -0.25) is 0 Å². The first kappa shape index (κ1) is 17.2. The van der Waals surface area contributed by atoms with E-state index in [4.69, 9.17) is 4.42 Å². The number of rotatable bonds is 2. The molecule has 1 N–H and O–H groups in total. The molecule has 3 heterocycles. The third-order valence-electron chi connectivity index (χ3n) is 5.94. The SMILES string of the molecule is Cc1nc2cc(NC(=O)N3CCn4c(C5CCCC5)nnc4C3C)ccc2o1. The first-order chi connectivity index (χ1) is 13.6. The number of fused-ring (bicyclic) bond motifs is 2. The highest BCUT2D eigenvalue weighted by Gasteiger charge is 2.33. The molecular weight excluding hydrogens is 356 g/mol. The lowest BCUT2D eigenvalue weighted by atomic mass is 10.1. The van der Waals surface area contributed by atoms with Gasteiger partial charge in [0.05, 0.1) is 6.04 Å². The minimum absolute atomic E-state index is 0.116. The van der Waals surface area contributed by atoms with Crippen LogP contribution in [0.3, 0.4) is 0 Å². The Labute approximate surface area is 162 Å². The molecule has 1 aliphatic carbocycles. The number of aromatic nitrogens is 4. The van der Waals surface area contributed by atoms with Gasteiger partial charge in [0.1, 0.15) is 11.3 Å². The number of benzene rings is 1. The van der Waals surface area contributed by atoms with E-state index in [0.29, 0.717) is 24.0 Å². The number of aryl methyl sites for hydroxylation is 1. The summed E-state index contributed by atoms with van der Waals surface area (Å²) >= 11 is 0. The number of anilines is 1. The van der Waals surface area contributed by atoms with E-state index in [-0.39, 0.29) is 12.1 Å². The quantitative estimate of drug-likeness (QED) is 0.726. The summed E-state index contributed by atoms with van der Waals surface area (Å²) in [6.45, 7) is 5.21. The van der Waals surface area contributed by atoms with Crippen molar-refractivity contribution in [3.63, 3.8) is 0 Å². The number of amides is 2. The minimum atomic E-state index is -0.135. The zero-order chi connectivity index (χ0) is 19.3. The molecular formula is C20H24N6O2. The molecule has 1 aromatic carbocycles. The summed E-state index contributed by atoms with van der Waals surface area (Å²) < 4.78 is 7.72. The topological polar surface area (TPSA) is 89.1 Å². The highest BCUT2D eigenvalue weighted by Crippen LogP contribution is 2.35. The van der Waals surface area contributed by atoms with Gasteiger partial charge in [0.15, 0.2) is 17.3 Å². The smallest absolute Gasteiger partial charge is 0.322 e. The average molecular weight is 380 g/mol. The third-order valence-corrected chi connectivity index (χ3v) is 5.94. The van der Waals surface area contributed by atoms with E-state index in [9.17, 15) is 4.79 Å². The van der Waals surface area contributed by atoms with Crippen molar-refractivity contribution in [2.24, 2.45) is 0 Å². The molecule has 8 nitrogen and oxygen atoms in total. The van der Waals surface area contributed by atoms with Crippen LogP contribution in [-0.4, -0.2) is 37.2 Å². The number of carbonyl (C=O) groups excluding carboxylic acids is 1. The standard InChI is InChI=1S/C20H24N6O2/c1-12-18-23-24-19(14-5-3-4-6-14)26(18)10-9-25(12)20(27)22-15-7-8-17-16(11-15)21-13(2)28-17/h7-8,11-12,14H,3-6,9-10H2,1-2H3,(H,22,27). The zero-order valence-electron chi connectivity index (χ0n) is 16.2. The Hall–Kier alpha value is -2.90. The van der Waals surface area contributed by atoms with Gasteiger partial charge in [-0.2, -0.15) is 0 Å². The molecule has 28 heavy (non-hydrogen) atoms. The van der Waals surface area contributed by atoms with Crippen LogP contribution in [0.15, 0.2) is 22.6 Å². The second kappa shape index (κ2) is 6.61. The maximum absolute atomic E-state index is 12.9. The van der Waals surface area contributed by atoms with Gasteiger partial charge in [-0.25, -0.2) is 9.78 Å². The fourth-order valence-corrected chi connectivity index (χ4v) is 4.49. The van der Waals surface area contributed by atoms with E-state index in [0.717, 1.165) is 29.3 Å². The van der Waals surface area contributed by atoms with E-state index in [1.54, 1.807) is 0 Å². The summed E-state index contributed by atoms with van der Waals surface area (Å²) in [6.07, 6.45) is 4.93. The van der Waals surface area contributed by atoms with Gasteiger partial charge in [-0.15, -0.1) is 10.2 Å². The highest BCUT2D eigenvalue weighted by atomic mass is 16.3. The monoisotopic (exact) mass is 380 g/mol. The second-order valence-electron chi connectivity index (χ2n) is 7.76. The van der Waals surface area contributed by atoms with Crippen LogP contribution in [0, 0.1) is 6.92 Å². The summed E-state index contributed by atoms with van der Waals surface area (Å²) in [7, 11) is 0. The molecule has 0 bridgehead atoms. The van der Waals surface area contributed by atoms with Crippen LogP contribution >= 0.6 is 0 Å². The predicted molar refractivity (Wildman–Crippen MR) is 104 cm³/mol. The Bertz CT molecular complexity index is 1030. The lowest BCUT2D eigenvalue weighted by molar-refractivity contribution is 0.171. The number of carbonyl (C=O) groups is 1. The summed E-state index contributed by atoms with van der Waals surface area (Å²) in [5.74, 6) is 3.11. The summed E-state index contributed by atoms with van der Waals surface area (Å²) in [5.41, 5.74) is 2.16. The molecule has 0 radical (unpaired) electrons. The summed E-state index contributed by atoms with van der Waals surface area (Å²) in [6, 6.07) is 5.24. The van der Waals surface area contributed by atoms with Crippen molar-refractivity contribution in [3.8, 4) is 0 Å². The molecule has 1 aliphatic heterocycles. The van der Waals surface area contributed by atoms with Crippen molar-refractivity contribution >= 4 is 22.8 Å². The number of hydrogen-bond acceptors (Lipinski definition) is 5. The first-order valence-corrected chi connectivity index (χ1v) is 9.98. The van der Waals surface area contributed by atoms with E-state index < -0.39 is 0 Å². The average Bonchev–Trinajstić information content (AvgIpc) is 3.39. The van der Waals surface area contributed by atoms with Gasteiger partial charge in [0, 0.05) is 31.6 Å². The van der Waals surface area contributed by atoms with Crippen molar-refractivity contribution in [1.29, 1.82) is 0 Å². The molecule has 2 amide bonds. The van der Waals surface area contributed by atoms with Crippen molar-refractivity contribution in [3.05, 3.63) is 35.7 Å². The number of oxazole rings is 1. The Kier molecular flexibility index (Phi) is 4.07. The minimum Gasteiger partial charge on any atom is -0.441 e. The van der Waals surface area contributed by atoms with Crippen molar-refractivity contribution in [2.75, 3.05) is 11.9 Å². The lowest BCUT2D eigenvalue weighted by Crippen LogP contribution is -2.43. The predicted octanol–water partition coefficient (Wildman–Crippen LogP) is 3.99. The van der Waals surface area contributed by atoms with Crippen molar-refractivity contribution in [2.45, 2.75) is 58.0 Å². The van der Waals surface area contributed by atoms with E-state index in [1.807, 2.05) is 36.9 Å². The van der Waals surface area contributed by atoms with E-state index in [1.165, 1.54) is 25.7 Å². The molecule has 0 saturated heterocycles. The number of nitrogens with zero attached hydrogens (tertiary/aromatic N) is 5. The van der Waals surface area contributed by atoms with Crippen molar-refractivity contribution in [1.82, 2.24) is 24.6 Å². The van der Waals surface area contributed by atoms with Gasteiger partial charge < -0.3 is 19.2 Å². The van der Waals surface area contributed by atoms with E-state index >= 15 is 0 Å². The molecule has 1 unspecified atom stereocenters. The molecule has 0 spiro atoms. The van der Waals surface area contributed by atoms with Crippen LogP contribution in [0.5, 0.6) is 0 Å². The molecule has 1 fully saturated rings. The van der Waals surface area contributed by atoms with Gasteiger partial charge in [-0.05, 0) is 38.0 Å². The zero-order valence-corrected chi connectivity index (χ0v) is 16.2. The number of urea groups is 1. The molecule has 3 aromatic rings. The largest absolute Gasteiger partial charge is 0.441 e. The fourth-order valence-electron chi connectivity index (χ4n) is 4.49. The molecule has 1 atom stereocenters. The summed E-state index contributed by atoms with van der Waals surface area (Å²) in [4.78, 5) is 19.1. The molecule has 146 valence electrons. The fraction of sp³-hybridized carbons (Fsp3) is 0.500. The van der Waals surface area contributed by atoms with Gasteiger partial charge in [0.25, 0.3) is 0 Å². The van der Waals surface area contributed by atoms with Gasteiger partial charge in [-0.1, -0.05) is 12.8 Å². The van der Waals surface area contributed by atoms with Crippen LogP contribution in [0.25, 0.3) is 11.1 Å². The molecule has 2 aliphatic rings. The normalized spacial score (nSPS) is 19.9. The Morgan fingerprint density at radius 3 is 2.79 bits per heavy atom. The molecule has 5 rings (SSSR count). The Morgan fingerprint density at radius 2 is 1.96 bits per heavy atom. The highest BCUT2D eigenvalue weighted by molar-refractivity contribution is 5.92. The maximum Gasteiger partial charge on any atom is 0.322 e. The summed E-state index contributed by atoms with van der Waals surface area (Å²) in [5, 5.41) is 11.9. The van der Waals surface area contributed by atoms with Crippen LogP contribution in [0.1, 0.15) is 62.1 Å². The molecule has 8 heteroatoms. The molecule has 1 saturated carbocycles. The van der Waals surface area contributed by atoms with Crippen LogP contribution in [-0.2, 0) is 6.54 Å². The Morgan fingerprint density at radius 1 is 1.18 bits per heavy atom.